The summed E-state index contributed by atoms with van der Waals surface area (Å²) in [5.74, 6) is 3.84. The Morgan fingerprint density at radius 3 is 2.89 bits per heavy atom. The van der Waals surface area contributed by atoms with Gasteiger partial charge >= 0.3 is 0 Å². The van der Waals surface area contributed by atoms with Crippen molar-refractivity contribution in [3.8, 4) is 5.75 Å². The molecule has 0 spiro atoms. The molecule has 5 heteroatoms. The second kappa shape index (κ2) is 6.54. The highest BCUT2D eigenvalue weighted by atomic mass is 16.5. The number of benzene rings is 1. The van der Waals surface area contributed by atoms with Crippen LogP contribution in [0.2, 0.25) is 0 Å². The van der Waals surface area contributed by atoms with Crippen LogP contribution in [0.1, 0.15) is 38.5 Å². The van der Waals surface area contributed by atoms with Crippen molar-refractivity contribution < 1.29 is 14.3 Å². The molecule has 1 aromatic carbocycles. The molecule has 1 saturated heterocycles. The second-order valence-electron chi connectivity index (χ2n) is 8.88. The van der Waals surface area contributed by atoms with Crippen LogP contribution in [0.4, 0.5) is 5.69 Å². The zero-order valence-corrected chi connectivity index (χ0v) is 15.9. The first-order valence-electron chi connectivity index (χ1n) is 10.4. The van der Waals surface area contributed by atoms with Gasteiger partial charge < -0.3 is 15.0 Å². The Balaban J connectivity index is 1.23. The van der Waals surface area contributed by atoms with Gasteiger partial charge in [0.25, 0.3) is 0 Å². The molecule has 5 nitrogen and oxygen atoms in total. The van der Waals surface area contributed by atoms with Crippen molar-refractivity contribution in [1.82, 2.24) is 5.32 Å². The minimum absolute atomic E-state index is 0.0206. The van der Waals surface area contributed by atoms with Crippen LogP contribution in [0.15, 0.2) is 24.3 Å². The lowest BCUT2D eigenvalue weighted by Gasteiger charge is -2.32. The van der Waals surface area contributed by atoms with E-state index >= 15 is 0 Å². The fourth-order valence-electron chi connectivity index (χ4n) is 6.45. The fourth-order valence-corrected chi connectivity index (χ4v) is 6.45. The fraction of sp³-hybridized carbons (Fsp3) is 0.636. The number of hydrogen-bond donors (Lipinski definition) is 1. The van der Waals surface area contributed by atoms with Crippen molar-refractivity contribution in [2.75, 3.05) is 18.6 Å². The first kappa shape index (κ1) is 17.1. The summed E-state index contributed by atoms with van der Waals surface area (Å²) in [6.45, 7) is 0.463. The van der Waals surface area contributed by atoms with Crippen molar-refractivity contribution in [2.24, 2.45) is 29.6 Å². The number of carbonyl (C=O) groups is 2. The Bertz CT molecular complexity index is 764. The van der Waals surface area contributed by atoms with Gasteiger partial charge in [0, 0.05) is 30.8 Å². The molecule has 1 aliphatic heterocycles. The van der Waals surface area contributed by atoms with Crippen LogP contribution >= 0.6 is 0 Å². The molecule has 4 fully saturated rings. The van der Waals surface area contributed by atoms with Crippen molar-refractivity contribution in [1.29, 1.82) is 0 Å². The van der Waals surface area contributed by atoms with E-state index < -0.39 is 0 Å². The summed E-state index contributed by atoms with van der Waals surface area (Å²) in [6, 6.07) is 7.83. The zero-order chi connectivity index (χ0) is 18.5. The largest absolute Gasteiger partial charge is 0.497 e. The average Bonchev–Trinajstić information content (AvgIpc) is 3.43. The van der Waals surface area contributed by atoms with Crippen molar-refractivity contribution >= 4 is 17.5 Å². The monoisotopic (exact) mass is 368 g/mol. The van der Waals surface area contributed by atoms with Crippen LogP contribution in [0.5, 0.6) is 5.75 Å². The van der Waals surface area contributed by atoms with E-state index in [4.69, 9.17) is 4.74 Å². The molecule has 0 radical (unpaired) electrons. The van der Waals surface area contributed by atoms with Crippen LogP contribution in [-0.2, 0) is 9.59 Å². The van der Waals surface area contributed by atoms with E-state index in [1.807, 2.05) is 24.3 Å². The van der Waals surface area contributed by atoms with E-state index in [9.17, 15) is 9.59 Å². The smallest absolute Gasteiger partial charge is 0.227 e. The lowest BCUT2D eigenvalue weighted by atomic mass is 9.79. The van der Waals surface area contributed by atoms with Crippen molar-refractivity contribution in [3.05, 3.63) is 24.3 Å². The number of amides is 2. The summed E-state index contributed by atoms with van der Waals surface area (Å²) < 4.78 is 5.26. The van der Waals surface area contributed by atoms with Crippen LogP contribution in [0.3, 0.4) is 0 Å². The topological polar surface area (TPSA) is 58.6 Å². The molecule has 144 valence electrons. The number of fused-ring (bicyclic) bond motifs is 5. The molecule has 0 aromatic heterocycles. The summed E-state index contributed by atoms with van der Waals surface area (Å²) >= 11 is 0. The lowest BCUT2D eigenvalue weighted by Crippen LogP contribution is -2.45. The van der Waals surface area contributed by atoms with Gasteiger partial charge in [0.2, 0.25) is 11.8 Å². The van der Waals surface area contributed by atoms with Gasteiger partial charge in [0.1, 0.15) is 5.75 Å². The Kier molecular flexibility index (Phi) is 4.14. The highest BCUT2D eigenvalue weighted by Gasteiger charge is 2.54. The van der Waals surface area contributed by atoms with Gasteiger partial charge in [-0.05, 0) is 61.5 Å². The summed E-state index contributed by atoms with van der Waals surface area (Å²) in [6.07, 6.45) is 6.88. The van der Waals surface area contributed by atoms with Crippen LogP contribution in [0, 0.1) is 29.6 Å². The number of anilines is 1. The minimum atomic E-state index is -0.248. The maximum atomic E-state index is 12.9. The average molecular weight is 368 g/mol. The molecule has 5 rings (SSSR count). The summed E-state index contributed by atoms with van der Waals surface area (Å²) in [7, 11) is 1.62. The number of ether oxygens (including phenoxy) is 1. The van der Waals surface area contributed by atoms with Crippen molar-refractivity contribution in [3.63, 3.8) is 0 Å². The van der Waals surface area contributed by atoms with Gasteiger partial charge in [-0.2, -0.15) is 0 Å². The molecule has 6 atom stereocenters. The molecule has 3 saturated carbocycles. The maximum Gasteiger partial charge on any atom is 0.227 e. The molecular weight excluding hydrogens is 340 g/mol. The molecule has 4 aliphatic rings. The number of nitrogens with one attached hydrogen (secondary N) is 1. The Morgan fingerprint density at radius 2 is 2.04 bits per heavy atom. The normalized spacial score (nSPS) is 36.9. The molecule has 1 aromatic rings. The van der Waals surface area contributed by atoms with E-state index in [0.29, 0.717) is 24.9 Å². The van der Waals surface area contributed by atoms with Crippen molar-refractivity contribution in [2.45, 2.75) is 44.6 Å². The van der Waals surface area contributed by atoms with Gasteiger partial charge in [0.05, 0.1) is 13.0 Å². The molecule has 3 aliphatic carbocycles. The summed E-state index contributed by atoms with van der Waals surface area (Å²) in [4.78, 5) is 27.1. The number of carbonyl (C=O) groups excluding carboxylic acids is 2. The number of methoxy groups -OCH3 is 1. The van der Waals surface area contributed by atoms with E-state index in [0.717, 1.165) is 35.6 Å². The van der Waals surface area contributed by atoms with Crippen LogP contribution < -0.4 is 15.0 Å². The molecule has 2 amide bonds. The molecule has 1 heterocycles. The van der Waals surface area contributed by atoms with Gasteiger partial charge in [-0.1, -0.05) is 12.5 Å². The maximum absolute atomic E-state index is 12.9. The first-order chi connectivity index (χ1) is 13.1. The molecule has 27 heavy (non-hydrogen) atoms. The van der Waals surface area contributed by atoms with Crippen LogP contribution in [-0.4, -0.2) is 31.5 Å². The molecule has 6 unspecified atom stereocenters. The Labute approximate surface area is 160 Å². The molecular formula is C22H28N2O3. The van der Waals surface area contributed by atoms with Gasteiger partial charge in [0.15, 0.2) is 0 Å². The zero-order valence-electron chi connectivity index (χ0n) is 15.9. The quantitative estimate of drug-likeness (QED) is 0.889. The third kappa shape index (κ3) is 2.82. The Morgan fingerprint density at radius 1 is 1.19 bits per heavy atom. The van der Waals surface area contributed by atoms with E-state index in [1.54, 1.807) is 12.0 Å². The number of nitrogens with zero attached hydrogens (tertiary/aromatic N) is 1. The third-order valence-corrected chi connectivity index (χ3v) is 7.62. The highest BCUT2D eigenvalue weighted by Crippen LogP contribution is 2.58. The third-order valence-electron chi connectivity index (χ3n) is 7.62. The predicted molar refractivity (Wildman–Crippen MR) is 102 cm³/mol. The minimum Gasteiger partial charge on any atom is -0.497 e. The standard InChI is InChI=1S/C22H28N2O3/c1-27-16-5-2-4-15(11-16)24-12-14(10-21(24)25)22(26)23-20-9-13-8-19(20)18-7-3-6-17(13)18/h2,4-5,11,13-14,17-20H,3,6-10,12H2,1H3,(H,23,26). The predicted octanol–water partition coefficient (Wildman–Crippen LogP) is 2.99. The van der Waals surface area contributed by atoms with E-state index in [2.05, 4.69) is 5.32 Å². The first-order valence-corrected chi connectivity index (χ1v) is 10.4. The molecule has 2 bridgehead atoms. The van der Waals surface area contributed by atoms with E-state index in [1.165, 1.54) is 25.7 Å². The molecule has 1 N–H and O–H groups in total. The summed E-state index contributed by atoms with van der Waals surface area (Å²) in [5, 5.41) is 3.34. The SMILES string of the molecule is COc1cccc(N2CC(C(=O)NC3CC4CC3C3CCCC43)CC2=O)c1. The van der Waals surface area contributed by atoms with Crippen LogP contribution in [0.25, 0.3) is 0 Å². The van der Waals surface area contributed by atoms with E-state index in [-0.39, 0.29) is 17.7 Å². The van der Waals surface area contributed by atoms with Gasteiger partial charge in [-0.25, -0.2) is 0 Å². The van der Waals surface area contributed by atoms with Gasteiger partial charge in [-0.15, -0.1) is 0 Å². The van der Waals surface area contributed by atoms with Gasteiger partial charge in [-0.3, -0.25) is 9.59 Å². The number of hydrogen-bond acceptors (Lipinski definition) is 3. The Hall–Kier alpha value is -2.04. The highest BCUT2D eigenvalue weighted by molar-refractivity contribution is 6.00. The summed E-state index contributed by atoms with van der Waals surface area (Å²) in [5.41, 5.74) is 0.809. The lowest BCUT2D eigenvalue weighted by molar-refractivity contribution is -0.127. The number of rotatable bonds is 4. The second-order valence-corrected chi connectivity index (χ2v) is 8.88.